The molecule has 1 heterocycles. The first-order valence-corrected chi connectivity index (χ1v) is 4.75. The summed E-state index contributed by atoms with van der Waals surface area (Å²) in [5.41, 5.74) is 2.73. The second-order valence-electron chi connectivity index (χ2n) is 3.46. The minimum absolute atomic E-state index is 0.142. The Morgan fingerprint density at radius 3 is 2.83 bits per heavy atom. The molecule has 0 radical (unpaired) electrons. The second kappa shape index (κ2) is 3.98. The molecule has 0 aliphatic carbocycles. The van der Waals surface area contributed by atoms with Gasteiger partial charge in [-0.25, -0.2) is 4.98 Å². The summed E-state index contributed by atoms with van der Waals surface area (Å²) in [4.78, 5) is 9.43. The van der Waals surface area contributed by atoms with Gasteiger partial charge in [0.05, 0.1) is 12.1 Å². The Kier molecular flexibility index (Phi) is 3.20. The number of aromatic nitrogens is 1. The zero-order valence-corrected chi connectivity index (χ0v) is 8.44. The molecular weight excluding hydrogens is 172 g/mol. The van der Waals surface area contributed by atoms with Gasteiger partial charge in [-0.2, -0.15) is 5.48 Å². The molecule has 0 aliphatic heterocycles. The van der Waals surface area contributed by atoms with Gasteiger partial charge in [-0.3, -0.25) is 4.84 Å². The number of nitrogens with zero attached hydrogens (tertiary/aromatic N) is 1. The third-order valence-electron chi connectivity index (χ3n) is 1.09. The lowest BCUT2D eigenvalue weighted by atomic mass is 10.2. The maximum atomic E-state index is 5.32. The summed E-state index contributed by atoms with van der Waals surface area (Å²) in [7, 11) is 0. The lowest BCUT2D eigenvalue weighted by Crippen LogP contribution is -2.28. The van der Waals surface area contributed by atoms with E-state index in [1.54, 1.807) is 17.5 Å². The average molecular weight is 186 g/mol. The van der Waals surface area contributed by atoms with Crippen LogP contribution in [0.1, 0.15) is 25.8 Å². The number of nitrogens with one attached hydrogen (secondary N) is 1. The van der Waals surface area contributed by atoms with Gasteiger partial charge in [-0.05, 0) is 20.8 Å². The summed E-state index contributed by atoms with van der Waals surface area (Å²) in [5.74, 6) is 0. The van der Waals surface area contributed by atoms with Crippen LogP contribution < -0.4 is 5.48 Å². The molecule has 0 aromatic carbocycles. The molecular formula is C8H14N2OS. The van der Waals surface area contributed by atoms with E-state index in [0.29, 0.717) is 6.54 Å². The minimum Gasteiger partial charge on any atom is -0.296 e. The molecule has 12 heavy (non-hydrogen) atoms. The van der Waals surface area contributed by atoms with Gasteiger partial charge in [-0.15, -0.1) is 11.3 Å². The van der Waals surface area contributed by atoms with E-state index in [0.717, 1.165) is 5.01 Å². The van der Waals surface area contributed by atoms with Crippen LogP contribution in [0.25, 0.3) is 0 Å². The quantitative estimate of drug-likeness (QED) is 0.733. The molecule has 68 valence electrons. The number of rotatable bonds is 3. The standard InChI is InChI=1S/C8H14N2OS/c1-8(2,3)11-10-6-7-9-4-5-12-7/h4-5,10H,6H2,1-3H3. The third kappa shape index (κ3) is 3.80. The molecule has 1 aromatic heterocycles. The van der Waals surface area contributed by atoms with Gasteiger partial charge in [0.2, 0.25) is 0 Å². The van der Waals surface area contributed by atoms with Crippen molar-refractivity contribution in [3.63, 3.8) is 0 Å². The summed E-state index contributed by atoms with van der Waals surface area (Å²) in [5, 5.41) is 2.99. The van der Waals surface area contributed by atoms with Crippen LogP contribution in [-0.4, -0.2) is 10.6 Å². The van der Waals surface area contributed by atoms with Crippen LogP contribution in [0.2, 0.25) is 0 Å². The Labute approximate surface area is 76.7 Å². The van der Waals surface area contributed by atoms with Gasteiger partial charge in [0.15, 0.2) is 0 Å². The molecule has 0 spiro atoms. The maximum absolute atomic E-state index is 5.32. The van der Waals surface area contributed by atoms with Gasteiger partial charge in [0, 0.05) is 11.6 Å². The fraction of sp³-hybridized carbons (Fsp3) is 0.625. The molecule has 0 aliphatic rings. The van der Waals surface area contributed by atoms with Crippen LogP contribution in [0.5, 0.6) is 0 Å². The third-order valence-corrected chi connectivity index (χ3v) is 1.86. The van der Waals surface area contributed by atoms with Crippen molar-refractivity contribution in [1.82, 2.24) is 10.5 Å². The first kappa shape index (κ1) is 9.64. The van der Waals surface area contributed by atoms with Crippen LogP contribution in [0.4, 0.5) is 0 Å². The van der Waals surface area contributed by atoms with Crippen molar-refractivity contribution in [3.8, 4) is 0 Å². The monoisotopic (exact) mass is 186 g/mol. The van der Waals surface area contributed by atoms with E-state index in [1.807, 2.05) is 26.2 Å². The topological polar surface area (TPSA) is 34.1 Å². The number of thiazole rings is 1. The summed E-state index contributed by atoms with van der Waals surface area (Å²) in [6.07, 6.45) is 1.79. The molecule has 0 amide bonds. The molecule has 4 heteroatoms. The summed E-state index contributed by atoms with van der Waals surface area (Å²) in [6.45, 7) is 6.68. The highest BCUT2D eigenvalue weighted by Gasteiger charge is 2.09. The van der Waals surface area contributed by atoms with E-state index in [-0.39, 0.29) is 5.60 Å². The van der Waals surface area contributed by atoms with Crippen LogP contribution in [0.3, 0.4) is 0 Å². The number of hydrogen-bond acceptors (Lipinski definition) is 4. The van der Waals surface area contributed by atoms with Gasteiger partial charge in [0.25, 0.3) is 0 Å². The molecule has 0 saturated carbocycles. The Morgan fingerprint density at radius 2 is 2.33 bits per heavy atom. The van der Waals surface area contributed by atoms with Crippen LogP contribution in [-0.2, 0) is 11.4 Å². The SMILES string of the molecule is CC(C)(C)ONCc1nccs1. The first-order valence-electron chi connectivity index (χ1n) is 3.87. The molecule has 0 unspecified atom stereocenters. The fourth-order valence-electron chi connectivity index (χ4n) is 0.655. The zero-order valence-electron chi connectivity index (χ0n) is 7.63. The highest BCUT2D eigenvalue weighted by atomic mass is 32.1. The van der Waals surface area contributed by atoms with Crippen molar-refractivity contribution < 1.29 is 4.84 Å². The molecule has 0 saturated heterocycles. The van der Waals surface area contributed by atoms with Crippen molar-refractivity contribution in [2.24, 2.45) is 0 Å². The highest BCUT2D eigenvalue weighted by Crippen LogP contribution is 2.06. The number of hydrogen-bond donors (Lipinski definition) is 1. The largest absolute Gasteiger partial charge is 0.296 e. The summed E-state index contributed by atoms with van der Waals surface area (Å²) in [6, 6.07) is 0. The Morgan fingerprint density at radius 1 is 1.58 bits per heavy atom. The van der Waals surface area contributed by atoms with Crippen LogP contribution in [0.15, 0.2) is 11.6 Å². The van der Waals surface area contributed by atoms with E-state index in [4.69, 9.17) is 4.84 Å². The van der Waals surface area contributed by atoms with E-state index >= 15 is 0 Å². The first-order chi connectivity index (χ1) is 5.58. The van der Waals surface area contributed by atoms with Gasteiger partial charge in [-0.1, -0.05) is 0 Å². The predicted molar refractivity (Wildman–Crippen MR) is 49.8 cm³/mol. The van der Waals surface area contributed by atoms with E-state index in [1.165, 1.54) is 0 Å². The minimum atomic E-state index is -0.142. The molecule has 0 bridgehead atoms. The molecule has 1 N–H and O–H groups in total. The predicted octanol–water partition coefficient (Wildman–Crippen LogP) is 1.96. The van der Waals surface area contributed by atoms with E-state index in [2.05, 4.69) is 10.5 Å². The fourth-order valence-corrected chi connectivity index (χ4v) is 1.20. The normalized spacial score (nSPS) is 11.9. The lowest BCUT2D eigenvalue weighted by molar-refractivity contribution is -0.0757. The lowest BCUT2D eigenvalue weighted by Gasteiger charge is -2.18. The smallest absolute Gasteiger partial charge is 0.109 e. The maximum Gasteiger partial charge on any atom is 0.109 e. The second-order valence-corrected chi connectivity index (χ2v) is 4.44. The Hall–Kier alpha value is -0.450. The van der Waals surface area contributed by atoms with Gasteiger partial charge >= 0.3 is 0 Å². The Balaban J connectivity index is 2.20. The average Bonchev–Trinajstić information content (AvgIpc) is 2.36. The van der Waals surface area contributed by atoms with Crippen molar-refractivity contribution in [1.29, 1.82) is 0 Å². The summed E-state index contributed by atoms with van der Waals surface area (Å²) >= 11 is 1.62. The van der Waals surface area contributed by atoms with Crippen LogP contribution in [0, 0.1) is 0 Å². The van der Waals surface area contributed by atoms with E-state index in [9.17, 15) is 0 Å². The summed E-state index contributed by atoms with van der Waals surface area (Å²) < 4.78 is 0. The van der Waals surface area contributed by atoms with Crippen LogP contribution >= 0.6 is 11.3 Å². The molecule has 1 rings (SSSR count). The van der Waals surface area contributed by atoms with Crippen molar-refractivity contribution in [2.75, 3.05) is 0 Å². The Bertz CT molecular complexity index is 215. The molecule has 1 aromatic rings. The van der Waals surface area contributed by atoms with Crippen molar-refractivity contribution in [2.45, 2.75) is 32.9 Å². The number of hydroxylamine groups is 1. The molecule has 0 fully saturated rings. The molecule has 3 nitrogen and oxygen atoms in total. The van der Waals surface area contributed by atoms with Gasteiger partial charge < -0.3 is 0 Å². The van der Waals surface area contributed by atoms with Crippen molar-refractivity contribution in [3.05, 3.63) is 16.6 Å². The van der Waals surface area contributed by atoms with Crippen molar-refractivity contribution >= 4 is 11.3 Å². The molecule has 0 atom stereocenters. The van der Waals surface area contributed by atoms with Gasteiger partial charge in [0.1, 0.15) is 5.01 Å². The van der Waals surface area contributed by atoms with E-state index < -0.39 is 0 Å². The highest BCUT2D eigenvalue weighted by molar-refractivity contribution is 7.09. The zero-order chi connectivity index (χ0) is 9.03.